The third-order valence-electron chi connectivity index (χ3n) is 0. The minimum absolute atomic E-state index is 0. The van der Waals surface area contributed by atoms with E-state index < -0.39 is 15.7 Å². The summed E-state index contributed by atoms with van der Waals surface area (Å²) in [4.78, 5) is 0. The van der Waals surface area contributed by atoms with Crippen molar-refractivity contribution in [1.82, 2.24) is 0 Å². The van der Waals surface area contributed by atoms with E-state index in [1.54, 1.807) is 0 Å². The predicted octanol–water partition coefficient (Wildman–Crippen LogP) is -1.63. The van der Waals surface area contributed by atoms with E-state index in [1.165, 1.54) is 0 Å². The number of rotatable bonds is 0. The fourth-order valence-corrected chi connectivity index (χ4v) is 0. The Hall–Kier alpha value is 0.728. The van der Waals surface area contributed by atoms with Gasteiger partial charge in [0.25, 0.3) is 0 Å². The normalized spacial score (nSPS) is 7.20. The Morgan fingerprint density at radius 2 is 1.00 bits per heavy atom. The van der Waals surface area contributed by atoms with Crippen LogP contribution in [-0.2, 0) is 0 Å². The summed E-state index contributed by atoms with van der Waals surface area (Å²) in [5.41, 5.74) is 0. The van der Waals surface area contributed by atoms with E-state index in [4.69, 9.17) is 12.3 Å². The molecule has 0 aliphatic heterocycles. The van der Waals surface area contributed by atoms with Crippen LogP contribution in [0.5, 0.6) is 0 Å². The van der Waals surface area contributed by atoms with Gasteiger partial charge in [0.1, 0.15) is 0 Å². The Kier molecular flexibility index (Phi) is 8.71. The quantitative estimate of drug-likeness (QED) is 0.375. The number of halogens is 1. The molecule has 0 radical (unpaired) electrons. The van der Waals surface area contributed by atoms with Crippen LogP contribution in [-0.4, -0.2) is 28.0 Å². The third kappa shape index (κ3) is 66.3. The molecule has 3 nitrogen and oxygen atoms in total. The van der Waals surface area contributed by atoms with E-state index >= 15 is 0 Å². The molecular formula is H4AsClO3. The zero-order valence-electron chi connectivity index (χ0n) is 2.20. The molecule has 0 aliphatic carbocycles. The Morgan fingerprint density at radius 3 is 1.00 bits per heavy atom. The molecule has 5 heavy (non-hydrogen) atoms. The first-order chi connectivity index (χ1) is 1.73. The van der Waals surface area contributed by atoms with Crippen LogP contribution in [0.3, 0.4) is 0 Å². The monoisotopic (exact) mass is 162 g/mol. The van der Waals surface area contributed by atoms with Crippen molar-refractivity contribution in [3.63, 3.8) is 0 Å². The van der Waals surface area contributed by atoms with Crippen LogP contribution in [0.2, 0.25) is 0 Å². The summed E-state index contributed by atoms with van der Waals surface area (Å²) in [6.07, 6.45) is 0. The summed E-state index contributed by atoms with van der Waals surface area (Å²) >= 11 is -3.19. The molecule has 0 aromatic heterocycles. The van der Waals surface area contributed by atoms with Gasteiger partial charge >= 0.3 is 28.0 Å². The summed E-state index contributed by atoms with van der Waals surface area (Å²) in [6.45, 7) is 0. The molecule has 0 amide bonds. The Balaban J connectivity index is 0. The van der Waals surface area contributed by atoms with E-state index in [1.807, 2.05) is 0 Å². The Bertz CT molecular complexity index is 11.6. The van der Waals surface area contributed by atoms with Crippen LogP contribution >= 0.6 is 12.4 Å². The van der Waals surface area contributed by atoms with Gasteiger partial charge in [0.15, 0.2) is 0 Å². The van der Waals surface area contributed by atoms with Crippen molar-refractivity contribution in [2.24, 2.45) is 0 Å². The molecule has 0 saturated heterocycles. The van der Waals surface area contributed by atoms with E-state index in [2.05, 4.69) is 0 Å². The van der Waals surface area contributed by atoms with Crippen molar-refractivity contribution in [2.75, 3.05) is 0 Å². The Morgan fingerprint density at radius 1 is 1.00 bits per heavy atom. The van der Waals surface area contributed by atoms with Gasteiger partial charge in [-0.15, -0.1) is 12.4 Å². The molecule has 34 valence electrons. The summed E-state index contributed by atoms with van der Waals surface area (Å²) in [5.74, 6) is 0. The summed E-state index contributed by atoms with van der Waals surface area (Å²) in [6, 6.07) is 0. The molecule has 0 fully saturated rings. The molecule has 0 heterocycles. The van der Waals surface area contributed by atoms with E-state index in [0.717, 1.165) is 0 Å². The number of hydrogen-bond donors (Lipinski definition) is 3. The van der Waals surface area contributed by atoms with Crippen molar-refractivity contribution in [3.05, 3.63) is 0 Å². The predicted molar refractivity (Wildman–Crippen MR) is 19.7 cm³/mol. The SMILES string of the molecule is Cl.O[As](O)O. The van der Waals surface area contributed by atoms with E-state index in [0.29, 0.717) is 0 Å². The van der Waals surface area contributed by atoms with Gasteiger partial charge in [-0.2, -0.15) is 0 Å². The van der Waals surface area contributed by atoms with Crippen LogP contribution in [0.1, 0.15) is 0 Å². The van der Waals surface area contributed by atoms with Gasteiger partial charge in [-0.1, -0.05) is 0 Å². The zero-order valence-corrected chi connectivity index (χ0v) is 4.89. The van der Waals surface area contributed by atoms with Crippen molar-refractivity contribution in [2.45, 2.75) is 0 Å². The van der Waals surface area contributed by atoms with Gasteiger partial charge in [0.05, 0.1) is 0 Å². The van der Waals surface area contributed by atoms with Crippen LogP contribution < -0.4 is 0 Å². The zero-order chi connectivity index (χ0) is 3.58. The van der Waals surface area contributed by atoms with Gasteiger partial charge < -0.3 is 0 Å². The van der Waals surface area contributed by atoms with E-state index in [9.17, 15) is 0 Å². The second-order valence-electron chi connectivity index (χ2n) is 0.268. The topological polar surface area (TPSA) is 60.7 Å². The molecule has 5 heteroatoms. The first-order valence-electron chi connectivity index (χ1n) is 0.600. The van der Waals surface area contributed by atoms with Gasteiger partial charge in [0.2, 0.25) is 0 Å². The molecule has 0 rings (SSSR count). The summed E-state index contributed by atoms with van der Waals surface area (Å²) in [5, 5.41) is 0. The van der Waals surface area contributed by atoms with Gasteiger partial charge in [-0.05, 0) is 0 Å². The first kappa shape index (κ1) is 9.21. The molecule has 0 saturated carbocycles. The van der Waals surface area contributed by atoms with Gasteiger partial charge in [-0.25, -0.2) is 0 Å². The second-order valence-corrected chi connectivity index (χ2v) is 1.39. The van der Waals surface area contributed by atoms with Gasteiger partial charge in [-0.3, -0.25) is 0 Å². The molecule has 0 unspecified atom stereocenters. The van der Waals surface area contributed by atoms with Crippen molar-refractivity contribution in [1.29, 1.82) is 0 Å². The van der Waals surface area contributed by atoms with Crippen LogP contribution in [0.4, 0.5) is 0 Å². The molecule has 0 aliphatic rings. The third-order valence-corrected chi connectivity index (χ3v) is 0. The summed E-state index contributed by atoms with van der Waals surface area (Å²) < 4.78 is 21.9. The molecule has 0 aromatic carbocycles. The average Bonchev–Trinajstić information content (AvgIpc) is 0.811. The molecule has 0 atom stereocenters. The van der Waals surface area contributed by atoms with Crippen LogP contribution in [0.25, 0.3) is 0 Å². The maximum absolute atomic E-state index is 7.31. The van der Waals surface area contributed by atoms with Crippen LogP contribution in [0, 0.1) is 0 Å². The number of hydrogen-bond acceptors (Lipinski definition) is 3. The Labute approximate surface area is 41.0 Å². The molecule has 0 aromatic rings. The van der Waals surface area contributed by atoms with Crippen LogP contribution in [0.15, 0.2) is 0 Å². The standard InChI is InChI=1S/AsH3O3.ClH/c2-1(3)4;/h2-4H;1H. The van der Waals surface area contributed by atoms with Crippen molar-refractivity contribution in [3.8, 4) is 0 Å². The fourth-order valence-electron chi connectivity index (χ4n) is 0. The molecule has 0 spiro atoms. The first-order valence-corrected chi connectivity index (χ1v) is 3.12. The summed E-state index contributed by atoms with van der Waals surface area (Å²) in [7, 11) is 0. The maximum atomic E-state index is 7.31. The second kappa shape index (κ2) is 4.73. The van der Waals surface area contributed by atoms with Crippen molar-refractivity contribution < 1.29 is 12.3 Å². The average molecular weight is 162 g/mol. The van der Waals surface area contributed by atoms with E-state index in [-0.39, 0.29) is 12.4 Å². The van der Waals surface area contributed by atoms with Gasteiger partial charge in [0, 0.05) is 0 Å². The molecular weight excluding hydrogens is 158 g/mol. The minimum atomic E-state index is -3.19. The van der Waals surface area contributed by atoms with Crippen molar-refractivity contribution >= 4 is 28.1 Å². The molecule has 3 N–H and O–H groups in total. The fraction of sp³-hybridized carbons (Fsp3) is 0. The molecule has 0 bridgehead atoms.